The van der Waals surface area contributed by atoms with Crippen LogP contribution in [0.1, 0.15) is 27.7 Å². The van der Waals surface area contributed by atoms with Crippen LogP contribution in [0.5, 0.6) is 0 Å². The summed E-state index contributed by atoms with van der Waals surface area (Å²) in [6.45, 7) is 12.5. The zero-order valence-electron chi connectivity index (χ0n) is 8.35. The van der Waals surface area contributed by atoms with Gasteiger partial charge in [0.15, 0.2) is 0 Å². The summed E-state index contributed by atoms with van der Waals surface area (Å²) in [7, 11) is 1.77. The highest BCUT2D eigenvalue weighted by molar-refractivity contribution is 4.98. The van der Waals surface area contributed by atoms with Crippen molar-refractivity contribution in [2.45, 2.75) is 33.8 Å². The molecule has 1 nitrogen and oxygen atoms in total. The molecule has 0 heterocycles. The van der Waals surface area contributed by atoms with Gasteiger partial charge in [-0.3, -0.25) is 0 Å². The van der Waals surface area contributed by atoms with Crippen molar-refractivity contribution in [3.63, 3.8) is 0 Å². The first kappa shape index (κ1) is 10.7. The minimum absolute atomic E-state index is 0.312. The highest BCUT2D eigenvalue weighted by Crippen LogP contribution is 2.21. The molecule has 0 aliphatic carbocycles. The molecule has 0 aromatic heterocycles. The monoisotopic (exact) mass is 156 g/mol. The van der Waals surface area contributed by atoms with E-state index in [0.29, 0.717) is 17.9 Å². The smallest absolute Gasteiger partial charge is 0.0656 e. The van der Waals surface area contributed by atoms with Gasteiger partial charge in [0, 0.05) is 13.0 Å². The molecule has 0 aromatic rings. The van der Waals surface area contributed by atoms with Gasteiger partial charge in [-0.2, -0.15) is 0 Å². The molecule has 66 valence electrons. The maximum atomic E-state index is 5.37. The van der Waals surface area contributed by atoms with Crippen molar-refractivity contribution in [2.24, 2.45) is 11.8 Å². The predicted molar refractivity (Wildman–Crippen MR) is 49.6 cm³/mol. The molecule has 0 fully saturated rings. The van der Waals surface area contributed by atoms with Crippen molar-refractivity contribution in [1.29, 1.82) is 0 Å². The molecule has 0 N–H and O–H groups in total. The van der Waals surface area contributed by atoms with Gasteiger partial charge in [0.2, 0.25) is 0 Å². The highest BCUT2D eigenvalue weighted by Gasteiger charge is 2.20. The van der Waals surface area contributed by atoms with Crippen molar-refractivity contribution in [3.05, 3.63) is 12.2 Å². The van der Waals surface area contributed by atoms with Gasteiger partial charge < -0.3 is 4.74 Å². The maximum absolute atomic E-state index is 5.37. The van der Waals surface area contributed by atoms with Crippen LogP contribution in [0.15, 0.2) is 12.2 Å². The Hall–Kier alpha value is -0.300. The molecule has 0 bridgehead atoms. The number of methoxy groups -OCH3 is 1. The summed E-state index contributed by atoms with van der Waals surface area (Å²) in [6.07, 6.45) is 0.312. The van der Waals surface area contributed by atoms with E-state index in [4.69, 9.17) is 4.74 Å². The van der Waals surface area contributed by atoms with Crippen LogP contribution in [0.3, 0.4) is 0 Å². The van der Waals surface area contributed by atoms with E-state index in [0.717, 1.165) is 0 Å². The molecule has 0 rings (SSSR count). The molecule has 0 radical (unpaired) electrons. The summed E-state index contributed by atoms with van der Waals surface area (Å²) in [5.74, 6) is 1.02. The van der Waals surface area contributed by atoms with Crippen LogP contribution in [-0.4, -0.2) is 13.2 Å². The summed E-state index contributed by atoms with van der Waals surface area (Å²) >= 11 is 0. The molecule has 2 atom stereocenters. The third kappa shape index (κ3) is 3.06. The fourth-order valence-corrected chi connectivity index (χ4v) is 1.33. The topological polar surface area (TPSA) is 9.23 Å². The molecule has 0 unspecified atom stereocenters. The molecule has 0 aliphatic rings. The third-order valence-corrected chi connectivity index (χ3v) is 2.20. The lowest BCUT2D eigenvalue weighted by Gasteiger charge is -2.26. The molecule has 11 heavy (non-hydrogen) atoms. The maximum Gasteiger partial charge on any atom is 0.0656 e. The zero-order valence-corrected chi connectivity index (χ0v) is 8.35. The van der Waals surface area contributed by atoms with Crippen molar-refractivity contribution in [2.75, 3.05) is 7.11 Å². The Morgan fingerprint density at radius 2 is 1.73 bits per heavy atom. The first-order valence-electron chi connectivity index (χ1n) is 4.18. The van der Waals surface area contributed by atoms with Crippen LogP contribution in [0.2, 0.25) is 0 Å². The number of ether oxygens (including phenoxy) is 1. The van der Waals surface area contributed by atoms with Crippen LogP contribution in [0.25, 0.3) is 0 Å². The van der Waals surface area contributed by atoms with E-state index in [-0.39, 0.29) is 0 Å². The van der Waals surface area contributed by atoms with Gasteiger partial charge >= 0.3 is 0 Å². The average molecular weight is 156 g/mol. The molecule has 0 aliphatic heterocycles. The second kappa shape index (κ2) is 4.55. The summed E-state index contributed by atoms with van der Waals surface area (Å²) in [6, 6.07) is 0. The molecule has 0 saturated heterocycles. The first-order chi connectivity index (χ1) is 5.00. The molecular weight excluding hydrogens is 136 g/mol. The SMILES string of the molecule is C=C(C)[C@@H](C)[C@@H](OC)C(C)C. The van der Waals surface area contributed by atoms with Gasteiger partial charge in [0.25, 0.3) is 0 Å². The number of hydrogen-bond acceptors (Lipinski definition) is 1. The molecule has 0 spiro atoms. The van der Waals surface area contributed by atoms with E-state index >= 15 is 0 Å². The molecule has 0 aromatic carbocycles. The Morgan fingerprint density at radius 3 is 1.82 bits per heavy atom. The Balaban J connectivity index is 4.13. The summed E-state index contributed by atoms with van der Waals surface area (Å²) in [5.41, 5.74) is 1.20. The Bertz CT molecular complexity index is 127. The van der Waals surface area contributed by atoms with E-state index in [2.05, 4.69) is 34.3 Å². The van der Waals surface area contributed by atoms with Gasteiger partial charge in [0.1, 0.15) is 0 Å². The summed E-state index contributed by atoms with van der Waals surface area (Å²) < 4.78 is 5.37. The Kier molecular flexibility index (Phi) is 4.43. The number of rotatable bonds is 4. The molecular formula is C10H20O. The van der Waals surface area contributed by atoms with Crippen LogP contribution in [0, 0.1) is 11.8 Å². The van der Waals surface area contributed by atoms with Gasteiger partial charge in [0.05, 0.1) is 6.10 Å². The largest absolute Gasteiger partial charge is 0.381 e. The first-order valence-corrected chi connectivity index (χ1v) is 4.18. The molecule has 0 amide bonds. The highest BCUT2D eigenvalue weighted by atomic mass is 16.5. The van der Waals surface area contributed by atoms with Crippen LogP contribution in [-0.2, 0) is 4.74 Å². The normalized spacial score (nSPS) is 16.5. The van der Waals surface area contributed by atoms with Gasteiger partial charge in [-0.05, 0) is 12.8 Å². The van der Waals surface area contributed by atoms with Crippen LogP contribution >= 0.6 is 0 Å². The standard InChI is InChI=1S/C10H20O/c1-7(2)9(5)10(11-6)8(3)4/h8-10H,1H2,2-6H3/t9-,10+/m1/s1. The lowest BCUT2D eigenvalue weighted by atomic mass is 9.90. The summed E-state index contributed by atoms with van der Waals surface area (Å²) in [5, 5.41) is 0. The van der Waals surface area contributed by atoms with Crippen LogP contribution < -0.4 is 0 Å². The van der Waals surface area contributed by atoms with Gasteiger partial charge in [-0.1, -0.05) is 32.9 Å². The van der Waals surface area contributed by atoms with Crippen molar-refractivity contribution in [1.82, 2.24) is 0 Å². The average Bonchev–Trinajstić information content (AvgIpc) is 1.88. The predicted octanol–water partition coefficient (Wildman–Crippen LogP) is 2.87. The fourth-order valence-electron chi connectivity index (χ4n) is 1.33. The molecule has 0 saturated carbocycles. The third-order valence-electron chi connectivity index (χ3n) is 2.20. The van der Waals surface area contributed by atoms with Crippen LogP contribution in [0.4, 0.5) is 0 Å². The van der Waals surface area contributed by atoms with Crippen molar-refractivity contribution < 1.29 is 4.74 Å². The van der Waals surface area contributed by atoms with E-state index in [1.54, 1.807) is 7.11 Å². The summed E-state index contributed by atoms with van der Waals surface area (Å²) in [4.78, 5) is 0. The lowest BCUT2D eigenvalue weighted by molar-refractivity contribution is 0.0346. The minimum Gasteiger partial charge on any atom is -0.381 e. The van der Waals surface area contributed by atoms with E-state index < -0.39 is 0 Å². The zero-order chi connectivity index (χ0) is 9.02. The van der Waals surface area contributed by atoms with E-state index in [1.165, 1.54) is 5.57 Å². The minimum atomic E-state index is 0.312. The fraction of sp³-hybridized carbons (Fsp3) is 0.800. The van der Waals surface area contributed by atoms with E-state index in [9.17, 15) is 0 Å². The Morgan fingerprint density at radius 1 is 1.27 bits per heavy atom. The van der Waals surface area contributed by atoms with E-state index in [1.807, 2.05) is 0 Å². The molecule has 1 heteroatoms. The number of hydrogen-bond donors (Lipinski definition) is 0. The Labute approximate surface area is 70.4 Å². The van der Waals surface area contributed by atoms with Crippen molar-refractivity contribution >= 4 is 0 Å². The second-order valence-corrected chi connectivity index (χ2v) is 3.58. The van der Waals surface area contributed by atoms with Gasteiger partial charge in [-0.25, -0.2) is 0 Å². The quantitative estimate of drug-likeness (QED) is 0.569. The second-order valence-electron chi connectivity index (χ2n) is 3.58. The van der Waals surface area contributed by atoms with Gasteiger partial charge in [-0.15, -0.1) is 0 Å². The lowest BCUT2D eigenvalue weighted by Crippen LogP contribution is -2.26. The van der Waals surface area contributed by atoms with Crippen molar-refractivity contribution in [3.8, 4) is 0 Å².